The molecule has 0 aliphatic rings. The second-order valence-corrected chi connectivity index (χ2v) is 21.8. The number of rotatable bonds is 60. The van der Waals surface area contributed by atoms with Crippen molar-refractivity contribution in [3.8, 4) is 0 Å². The molecular formula is C77H124O5. The van der Waals surface area contributed by atoms with Crippen LogP contribution in [0.25, 0.3) is 0 Å². The minimum atomic E-state index is -0.798. The fraction of sp³-hybridized carbons (Fsp3) is 0.610. The number of hydrogen-bond acceptors (Lipinski definition) is 5. The van der Waals surface area contributed by atoms with Crippen molar-refractivity contribution in [2.45, 2.75) is 290 Å². The highest BCUT2D eigenvalue weighted by Crippen LogP contribution is 2.16. The van der Waals surface area contributed by atoms with Crippen LogP contribution >= 0.6 is 0 Å². The molecule has 0 aliphatic carbocycles. The summed E-state index contributed by atoms with van der Waals surface area (Å²) in [6.07, 6.45) is 109. The third-order valence-corrected chi connectivity index (χ3v) is 14.0. The van der Waals surface area contributed by atoms with Gasteiger partial charge in [-0.2, -0.15) is 0 Å². The number of carbonyl (C=O) groups is 2. The Balaban J connectivity index is 3.54. The molecule has 0 aromatic rings. The van der Waals surface area contributed by atoms with Crippen molar-refractivity contribution >= 4 is 11.9 Å². The van der Waals surface area contributed by atoms with Crippen LogP contribution < -0.4 is 0 Å². The molecular weight excluding hydrogens is 1000 g/mol. The lowest BCUT2D eigenvalue weighted by molar-refractivity contribution is -0.161. The molecule has 0 heterocycles. The summed E-state index contributed by atoms with van der Waals surface area (Å²) in [5.41, 5.74) is 0. The van der Waals surface area contributed by atoms with Crippen LogP contribution in [0, 0.1) is 0 Å². The molecule has 0 aromatic carbocycles. The second kappa shape index (κ2) is 70.5. The van der Waals surface area contributed by atoms with Crippen molar-refractivity contribution in [3.05, 3.63) is 170 Å². The molecule has 0 aliphatic heterocycles. The lowest BCUT2D eigenvalue weighted by atomic mass is 10.0. The summed E-state index contributed by atoms with van der Waals surface area (Å²) in [7, 11) is 0. The first-order chi connectivity index (χ1) is 40.6. The van der Waals surface area contributed by atoms with E-state index in [0.29, 0.717) is 12.8 Å². The molecule has 0 fully saturated rings. The Morgan fingerprint density at radius 3 is 0.732 bits per heavy atom. The zero-order chi connectivity index (χ0) is 59.1. The van der Waals surface area contributed by atoms with E-state index in [9.17, 15) is 14.7 Å². The summed E-state index contributed by atoms with van der Waals surface area (Å²) in [5, 5.41) is 9.69. The highest BCUT2D eigenvalue weighted by atomic mass is 16.6. The molecule has 5 nitrogen and oxygen atoms in total. The van der Waals surface area contributed by atoms with E-state index >= 15 is 0 Å². The van der Waals surface area contributed by atoms with Gasteiger partial charge in [0.05, 0.1) is 6.61 Å². The predicted octanol–water partition coefficient (Wildman–Crippen LogP) is 23.6. The summed E-state index contributed by atoms with van der Waals surface area (Å²) >= 11 is 0. The quantitative estimate of drug-likeness (QED) is 0.0373. The van der Waals surface area contributed by atoms with Gasteiger partial charge >= 0.3 is 11.9 Å². The Morgan fingerprint density at radius 1 is 0.280 bits per heavy atom. The molecule has 0 spiro atoms. The van der Waals surface area contributed by atoms with Gasteiger partial charge in [-0.25, -0.2) is 0 Å². The zero-order valence-electron chi connectivity index (χ0n) is 52.9. The monoisotopic (exact) mass is 1130 g/mol. The molecule has 0 bridgehead atoms. The van der Waals surface area contributed by atoms with Gasteiger partial charge in [-0.1, -0.05) is 312 Å². The number of unbranched alkanes of at least 4 members (excludes halogenated alkanes) is 24. The molecule has 82 heavy (non-hydrogen) atoms. The van der Waals surface area contributed by atoms with E-state index in [4.69, 9.17) is 9.47 Å². The van der Waals surface area contributed by atoms with Crippen molar-refractivity contribution in [2.24, 2.45) is 0 Å². The van der Waals surface area contributed by atoms with E-state index in [-0.39, 0.29) is 25.2 Å². The normalized spacial score (nSPS) is 13.4. The molecule has 1 unspecified atom stereocenters. The van der Waals surface area contributed by atoms with Crippen LogP contribution in [-0.4, -0.2) is 36.4 Å². The van der Waals surface area contributed by atoms with Crippen LogP contribution in [0.15, 0.2) is 170 Å². The van der Waals surface area contributed by atoms with E-state index in [1.807, 2.05) is 0 Å². The van der Waals surface area contributed by atoms with Crippen molar-refractivity contribution in [1.29, 1.82) is 0 Å². The van der Waals surface area contributed by atoms with Gasteiger partial charge in [0.1, 0.15) is 6.61 Å². The number of carbonyl (C=O) groups excluding carboxylic acids is 2. The molecule has 0 rings (SSSR count). The zero-order valence-corrected chi connectivity index (χ0v) is 52.9. The summed E-state index contributed by atoms with van der Waals surface area (Å²) in [6.45, 7) is 3.90. The minimum absolute atomic E-state index is 0.0841. The lowest BCUT2D eigenvalue weighted by Crippen LogP contribution is -2.28. The van der Waals surface area contributed by atoms with Crippen LogP contribution in [0.5, 0.6) is 0 Å². The molecule has 0 aromatic heterocycles. The summed E-state index contributed by atoms with van der Waals surface area (Å²) < 4.78 is 10.7. The van der Waals surface area contributed by atoms with Crippen LogP contribution in [-0.2, 0) is 19.1 Å². The molecule has 0 amide bonds. The first kappa shape index (κ1) is 77.3. The summed E-state index contributed by atoms with van der Waals surface area (Å²) in [4.78, 5) is 24.6. The average Bonchev–Trinajstić information content (AvgIpc) is 3.49. The summed E-state index contributed by atoms with van der Waals surface area (Å²) in [6, 6.07) is 0. The van der Waals surface area contributed by atoms with Crippen LogP contribution in [0.2, 0.25) is 0 Å². The maximum absolute atomic E-state index is 12.3. The number of hydrogen-bond donors (Lipinski definition) is 1. The number of ether oxygens (including phenoxy) is 2. The number of aliphatic hydroxyl groups excluding tert-OH is 1. The number of allylic oxidation sites excluding steroid dienone is 28. The minimum Gasteiger partial charge on any atom is -0.462 e. The number of aliphatic hydroxyl groups is 1. The Bertz CT molecular complexity index is 1810. The van der Waals surface area contributed by atoms with Gasteiger partial charge in [0.2, 0.25) is 0 Å². The van der Waals surface area contributed by atoms with Crippen molar-refractivity contribution in [1.82, 2.24) is 0 Å². The largest absolute Gasteiger partial charge is 0.462 e. The van der Waals surface area contributed by atoms with E-state index in [0.717, 1.165) is 141 Å². The molecule has 0 saturated carbocycles. The first-order valence-electron chi connectivity index (χ1n) is 33.7. The average molecular weight is 1130 g/mol. The van der Waals surface area contributed by atoms with E-state index in [1.165, 1.54) is 116 Å². The fourth-order valence-corrected chi connectivity index (χ4v) is 9.05. The van der Waals surface area contributed by atoms with Crippen molar-refractivity contribution in [3.63, 3.8) is 0 Å². The molecule has 0 saturated heterocycles. The standard InChI is InChI=1S/C77H124O5/c1-3-5-7-9-11-13-15-17-19-21-23-25-27-29-31-33-34-35-36-37-38-39-40-41-42-44-45-47-49-51-53-55-57-59-61-63-65-67-69-71-76(79)81-74-75(73-78)82-77(80)72-70-68-66-64-62-60-58-56-54-52-50-48-46-43-32-30-28-26-24-22-20-18-16-14-12-10-8-6-4-2/h5-8,11-14,17-20,23-26,29-32,34-35,46,48,52,54,58,60,75,78H,3-4,9-10,15-16,21-22,27-28,33,36-45,47,49-51,53,55-57,59,61-74H2,1-2H3/b7-5-,8-6-,13-11-,14-12-,19-17-,20-18-,25-23-,26-24-,31-29-,32-30-,35-34-,48-46-,54-52-,60-58-. The van der Waals surface area contributed by atoms with Gasteiger partial charge in [0.25, 0.3) is 0 Å². The van der Waals surface area contributed by atoms with Gasteiger partial charge in [0, 0.05) is 12.8 Å². The van der Waals surface area contributed by atoms with Gasteiger partial charge in [-0.3, -0.25) is 9.59 Å². The third-order valence-electron chi connectivity index (χ3n) is 14.0. The van der Waals surface area contributed by atoms with Crippen LogP contribution in [0.1, 0.15) is 284 Å². The Morgan fingerprint density at radius 2 is 0.488 bits per heavy atom. The smallest absolute Gasteiger partial charge is 0.306 e. The Kier molecular flexibility index (Phi) is 66.4. The molecule has 1 N–H and O–H groups in total. The van der Waals surface area contributed by atoms with Gasteiger partial charge < -0.3 is 14.6 Å². The van der Waals surface area contributed by atoms with Gasteiger partial charge in [0.15, 0.2) is 6.10 Å². The van der Waals surface area contributed by atoms with E-state index in [1.54, 1.807) is 0 Å². The lowest BCUT2D eigenvalue weighted by Gasteiger charge is -2.15. The van der Waals surface area contributed by atoms with E-state index in [2.05, 4.69) is 184 Å². The molecule has 0 radical (unpaired) electrons. The number of esters is 2. The summed E-state index contributed by atoms with van der Waals surface area (Å²) in [5.74, 6) is -0.622. The SMILES string of the molecule is CC/C=C\C/C=C\C/C=C\C/C=C\C/C=C\C/C=C\C/C=C\C/C=C\CCCCCCC(=O)OC(CO)COC(=O)CCCCCCCCCCCCCCCCCCCCCC/C=C\C/C=C\C/C=C\C/C=C\C/C=C\C/C=C\CC. The topological polar surface area (TPSA) is 72.8 Å². The Hall–Kier alpha value is -4.74. The maximum atomic E-state index is 12.3. The van der Waals surface area contributed by atoms with Gasteiger partial charge in [-0.15, -0.1) is 0 Å². The fourth-order valence-electron chi connectivity index (χ4n) is 9.05. The second-order valence-electron chi connectivity index (χ2n) is 21.8. The highest BCUT2D eigenvalue weighted by Gasteiger charge is 2.16. The maximum Gasteiger partial charge on any atom is 0.306 e. The highest BCUT2D eigenvalue weighted by molar-refractivity contribution is 5.70. The third kappa shape index (κ3) is 67.8. The van der Waals surface area contributed by atoms with Crippen molar-refractivity contribution < 1.29 is 24.2 Å². The van der Waals surface area contributed by atoms with Crippen molar-refractivity contribution in [2.75, 3.05) is 13.2 Å². The molecule has 462 valence electrons. The predicted molar refractivity (Wildman–Crippen MR) is 361 cm³/mol. The Labute approximate surface area is 506 Å². The first-order valence-corrected chi connectivity index (χ1v) is 33.7. The van der Waals surface area contributed by atoms with Gasteiger partial charge in [-0.05, 0) is 128 Å². The van der Waals surface area contributed by atoms with E-state index < -0.39 is 6.10 Å². The molecule has 5 heteroatoms. The van der Waals surface area contributed by atoms with Crippen LogP contribution in [0.4, 0.5) is 0 Å². The molecule has 1 atom stereocenters. The van der Waals surface area contributed by atoms with Crippen LogP contribution in [0.3, 0.4) is 0 Å².